The maximum absolute atomic E-state index is 15.4. The zero-order valence-electron chi connectivity index (χ0n) is 29.3. The van der Waals surface area contributed by atoms with Crippen molar-refractivity contribution in [3.8, 4) is 11.1 Å². The standard InChI is InChI=1S/C42H49NO5S2/c1-4-24-43(50(47,48)36-15-10-25-49-36)28-41(46)21-18-35-39(41,3)20-17-34-38(2)19-16-30(44)26-40(38)22-23-42(34,35)33(27-40)37(45)32-14-9-8-13-31(32)29-11-6-5-7-12-29/h5-15,22-23,25,27,30,34-35,44,46H,4,16-21,24,26,28H2,1-3H3/t30?,34-,35-,38-,39+,40+,41-,42-/m1/s1. The number of Topliss-reactive ketones (excluding diaryl/α,β-unsaturated/α-hetero) is 1. The van der Waals surface area contributed by atoms with Gasteiger partial charge in [-0.25, -0.2) is 8.42 Å². The molecule has 3 saturated carbocycles. The molecule has 1 unspecified atom stereocenters. The van der Waals surface area contributed by atoms with E-state index >= 15 is 4.79 Å². The fourth-order valence-corrected chi connectivity index (χ4v) is 14.4. The van der Waals surface area contributed by atoms with Gasteiger partial charge in [-0.3, -0.25) is 4.79 Å². The fourth-order valence-electron chi connectivity index (χ4n) is 11.7. The number of hydrogen-bond donors (Lipinski definition) is 2. The Morgan fingerprint density at radius 1 is 0.900 bits per heavy atom. The first-order chi connectivity index (χ1) is 23.9. The summed E-state index contributed by atoms with van der Waals surface area (Å²) in [5.74, 6) is 0.110. The van der Waals surface area contributed by atoms with Gasteiger partial charge in [-0.2, -0.15) is 4.31 Å². The Morgan fingerprint density at radius 3 is 2.34 bits per heavy atom. The van der Waals surface area contributed by atoms with Crippen LogP contribution in [0.4, 0.5) is 0 Å². The van der Waals surface area contributed by atoms with Crippen molar-refractivity contribution in [3.05, 3.63) is 101 Å². The first-order valence-corrected chi connectivity index (χ1v) is 20.7. The van der Waals surface area contributed by atoms with Gasteiger partial charge < -0.3 is 10.2 Å². The molecule has 8 atom stereocenters. The van der Waals surface area contributed by atoms with Crippen LogP contribution in [0.25, 0.3) is 11.1 Å². The molecule has 2 N–H and O–H groups in total. The average Bonchev–Trinajstić information content (AvgIpc) is 3.75. The Balaban J connectivity index is 1.26. The van der Waals surface area contributed by atoms with E-state index in [0.29, 0.717) is 42.0 Å². The Hall–Kier alpha value is -2.88. The normalized spacial score (nSPS) is 37.2. The summed E-state index contributed by atoms with van der Waals surface area (Å²) >= 11 is 1.21. The number of benzene rings is 2. The highest BCUT2D eigenvalue weighted by atomic mass is 32.2. The molecule has 3 aromatic rings. The number of thiophene rings is 1. The molecular formula is C42H49NO5S2. The zero-order valence-corrected chi connectivity index (χ0v) is 31.0. The van der Waals surface area contributed by atoms with E-state index in [0.717, 1.165) is 42.4 Å². The second-order valence-electron chi connectivity index (χ2n) is 16.3. The topological polar surface area (TPSA) is 94.9 Å². The number of allylic oxidation sites excluding steroid dienone is 4. The molecule has 0 amide bonds. The first kappa shape index (κ1) is 34.2. The lowest BCUT2D eigenvalue weighted by molar-refractivity contribution is -0.173. The van der Waals surface area contributed by atoms with E-state index < -0.39 is 38.0 Å². The van der Waals surface area contributed by atoms with Gasteiger partial charge in [-0.15, -0.1) is 11.3 Å². The largest absolute Gasteiger partial charge is 0.393 e. The van der Waals surface area contributed by atoms with E-state index in [1.807, 2.05) is 61.5 Å². The molecule has 6 nitrogen and oxygen atoms in total. The molecule has 2 spiro atoms. The number of rotatable bonds is 9. The van der Waals surface area contributed by atoms with Crippen molar-refractivity contribution in [1.29, 1.82) is 0 Å². The van der Waals surface area contributed by atoms with Gasteiger partial charge in [0.05, 0.1) is 11.7 Å². The molecule has 1 heterocycles. The number of ketones is 1. The molecule has 50 heavy (non-hydrogen) atoms. The summed E-state index contributed by atoms with van der Waals surface area (Å²) < 4.78 is 29.7. The van der Waals surface area contributed by atoms with Crippen molar-refractivity contribution in [2.24, 2.45) is 33.5 Å². The highest BCUT2D eigenvalue weighted by Crippen LogP contribution is 2.78. The average molecular weight is 712 g/mol. The lowest BCUT2D eigenvalue weighted by atomic mass is 9.32. The number of carbonyl (C=O) groups is 1. The third-order valence-corrected chi connectivity index (χ3v) is 17.4. The number of sulfonamides is 1. The van der Waals surface area contributed by atoms with Crippen molar-refractivity contribution in [2.45, 2.75) is 88.1 Å². The molecule has 6 aliphatic rings. The van der Waals surface area contributed by atoms with Crippen LogP contribution in [0, 0.1) is 33.5 Å². The summed E-state index contributed by atoms with van der Waals surface area (Å²) in [6.07, 6.45) is 12.1. The molecule has 2 aromatic carbocycles. The van der Waals surface area contributed by atoms with Crippen molar-refractivity contribution in [1.82, 2.24) is 4.31 Å². The Morgan fingerprint density at radius 2 is 1.60 bits per heavy atom. The van der Waals surface area contributed by atoms with Crippen LogP contribution in [0.3, 0.4) is 0 Å². The fraction of sp³-hybridized carbons (Fsp3) is 0.500. The van der Waals surface area contributed by atoms with Crippen molar-refractivity contribution in [2.75, 3.05) is 13.1 Å². The maximum Gasteiger partial charge on any atom is 0.252 e. The maximum atomic E-state index is 15.4. The van der Waals surface area contributed by atoms with Crippen molar-refractivity contribution < 1.29 is 23.4 Å². The van der Waals surface area contributed by atoms with Crippen LogP contribution in [-0.4, -0.2) is 53.5 Å². The van der Waals surface area contributed by atoms with Crippen LogP contribution in [-0.2, 0) is 10.0 Å². The van der Waals surface area contributed by atoms with Gasteiger partial charge in [0.1, 0.15) is 4.21 Å². The molecular weight excluding hydrogens is 663 g/mol. The van der Waals surface area contributed by atoms with Crippen LogP contribution in [0.15, 0.2) is 100 Å². The number of aliphatic hydroxyl groups excluding tert-OH is 1. The molecule has 0 aliphatic heterocycles. The zero-order chi connectivity index (χ0) is 35.2. The summed E-state index contributed by atoms with van der Waals surface area (Å²) in [4.78, 5) is 15.4. The predicted octanol–water partition coefficient (Wildman–Crippen LogP) is 8.29. The highest BCUT2D eigenvalue weighted by Gasteiger charge is 2.74. The van der Waals surface area contributed by atoms with Crippen molar-refractivity contribution >= 4 is 27.1 Å². The molecule has 3 fully saturated rings. The lowest BCUT2D eigenvalue weighted by Crippen LogP contribution is -2.67. The van der Waals surface area contributed by atoms with Crippen LogP contribution < -0.4 is 0 Å². The molecule has 0 radical (unpaired) electrons. The second kappa shape index (κ2) is 11.8. The first-order valence-electron chi connectivity index (χ1n) is 18.4. The summed E-state index contributed by atoms with van der Waals surface area (Å²) in [5, 5.41) is 25.8. The Kier molecular flexibility index (Phi) is 8.09. The molecule has 264 valence electrons. The molecule has 2 bridgehead atoms. The Labute approximate surface area is 301 Å². The number of nitrogens with zero attached hydrogens (tertiary/aromatic N) is 1. The number of carbonyl (C=O) groups excluding carboxylic acids is 1. The second-order valence-corrected chi connectivity index (χ2v) is 19.4. The van der Waals surface area contributed by atoms with Gasteiger partial charge in [-0.1, -0.05) is 99.7 Å². The van der Waals surface area contributed by atoms with Crippen molar-refractivity contribution in [3.63, 3.8) is 0 Å². The van der Waals surface area contributed by atoms with E-state index in [4.69, 9.17) is 0 Å². The predicted molar refractivity (Wildman–Crippen MR) is 198 cm³/mol. The summed E-state index contributed by atoms with van der Waals surface area (Å²) in [6, 6.07) is 21.4. The van der Waals surface area contributed by atoms with E-state index in [-0.39, 0.29) is 29.6 Å². The van der Waals surface area contributed by atoms with Crippen LogP contribution in [0.5, 0.6) is 0 Å². The van der Waals surface area contributed by atoms with Crippen LogP contribution in [0.1, 0.15) is 82.5 Å². The van der Waals surface area contributed by atoms with E-state index in [2.05, 4.69) is 32.1 Å². The molecule has 0 saturated heterocycles. The minimum atomic E-state index is -3.78. The SMILES string of the molecule is CCCN(C[C@]1(O)CC[C@H]2[C@]34C=C[C@@]5(C=C3C(=O)c3ccccc3-c3ccccc3)CC(O)CC[C@]5(C)[C@H]4CC[C@@]21C)S(=O)(=O)c1cccs1. The lowest BCUT2D eigenvalue weighted by Gasteiger charge is -2.71. The van der Waals surface area contributed by atoms with E-state index in [1.165, 1.54) is 15.6 Å². The molecule has 9 rings (SSSR count). The van der Waals surface area contributed by atoms with E-state index in [9.17, 15) is 18.6 Å². The smallest absolute Gasteiger partial charge is 0.252 e. The van der Waals surface area contributed by atoms with Crippen LogP contribution in [0.2, 0.25) is 0 Å². The highest BCUT2D eigenvalue weighted by molar-refractivity contribution is 7.91. The van der Waals surface area contributed by atoms with Gasteiger partial charge >= 0.3 is 0 Å². The number of hydrogen-bond acceptors (Lipinski definition) is 6. The van der Waals surface area contributed by atoms with E-state index in [1.54, 1.807) is 17.5 Å². The van der Waals surface area contributed by atoms with Gasteiger partial charge in [0.2, 0.25) is 0 Å². The quantitative estimate of drug-likeness (QED) is 0.172. The third kappa shape index (κ3) is 4.60. The van der Waals surface area contributed by atoms with Crippen LogP contribution >= 0.6 is 11.3 Å². The Bertz CT molecular complexity index is 1970. The monoisotopic (exact) mass is 711 g/mol. The minimum Gasteiger partial charge on any atom is -0.393 e. The van der Waals surface area contributed by atoms with Gasteiger partial charge in [-0.05, 0) is 91.2 Å². The summed E-state index contributed by atoms with van der Waals surface area (Å²) in [6.45, 7) is 6.91. The summed E-state index contributed by atoms with van der Waals surface area (Å²) in [7, 11) is -3.78. The van der Waals surface area contributed by atoms with Gasteiger partial charge in [0.15, 0.2) is 5.78 Å². The van der Waals surface area contributed by atoms with Gasteiger partial charge in [0.25, 0.3) is 10.0 Å². The summed E-state index contributed by atoms with van der Waals surface area (Å²) in [5.41, 5.74) is 0.256. The number of fused-ring (bicyclic) bond motifs is 1. The number of aliphatic hydroxyl groups is 2. The molecule has 8 heteroatoms. The van der Waals surface area contributed by atoms with Gasteiger partial charge in [0, 0.05) is 40.5 Å². The molecule has 1 aromatic heterocycles. The third-order valence-electron chi connectivity index (χ3n) is 14.2. The molecule has 6 aliphatic carbocycles. The minimum absolute atomic E-state index is 0.0212.